The largest absolute Gasteiger partial charge is 0.383 e. The lowest BCUT2D eigenvalue weighted by Crippen LogP contribution is -2.25. The zero-order valence-electron chi connectivity index (χ0n) is 8.50. The molecule has 1 heterocycles. The van der Waals surface area contributed by atoms with Crippen LogP contribution in [0.15, 0.2) is 4.79 Å². The van der Waals surface area contributed by atoms with Gasteiger partial charge in [-0.25, -0.2) is 4.98 Å². The highest BCUT2D eigenvalue weighted by Gasteiger charge is 2.07. The molecule has 0 amide bonds. The molecule has 0 radical (unpaired) electrons. The average Bonchev–Trinajstić information content (AvgIpc) is 2.14. The van der Waals surface area contributed by atoms with Gasteiger partial charge >= 0.3 is 0 Å². The van der Waals surface area contributed by atoms with Crippen LogP contribution in [-0.2, 0) is 6.42 Å². The topological polar surface area (TPSA) is 97.8 Å². The Labute approximate surface area is 82.5 Å². The van der Waals surface area contributed by atoms with Gasteiger partial charge in [0.15, 0.2) is 0 Å². The van der Waals surface area contributed by atoms with Crippen LogP contribution < -0.4 is 17.0 Å². The maximum atomic E-state index is 11.3. The molecule has 0 fully saturated rings. The van der Waals surface area contributed by atoms with Crippen LogP contribution in [0.5, 0.6) is 0 Å². The molecule has 5 N–H and O–H groups in total. The van der Waals surface area contributed by atoms with Crippen LogP contribution in [0.3, 0.4) is 0 Å². The first kappa shape index (κ1) is 10.7. The first-order valence-corrected chi connectivity index (χ1v) is 4.65. The highest BCUT2D eigenvalue weighted by atomic mass is 16.1. The molecule has 0 aromatic carbocycles. The minimum atomic E-state index is -0.184. The van der Waals surface area contributed by atoms with Crippen molar-refractivity contribution in [3.63, 3.8) is 0 Å². The van der Waals surface area contributed by atoms with Gasteiger partial charge in [0.2, 0.25) is 0 Å². The predicted molar refractivity (Wildman–Crippen MR) is 56.0 cm³/mol. The van der Waals surface area contributed by atoms with E-state index in [0.717, 1.165) is 6.42 Å². The third-order valence-corrected chi connectivity index (χ3v) is 2.22. The second-order valence-electron chi connectivity index (χ2n) is 3.40. The normalized spacial score (nSPS) is 12.8. The van der Waals surface area contributed by atoms with Crippen molar-refractivity contribution in [2.24, 2.45) is 5.73 Å². The van der Waals surface area contributed by atoms with Crippen LogP contribution in [0.25, 0.3) is 0 Å². The molecule has 5 nitrogen and oxygen atoms in total. The van der Waals surface area contributed by atoms with E-state index >= 15 is 0 Å². The zero-order valence-corrected chi connectivity index (χ0v) is 8.50. The Bertz CT molecular complexity index is 372. The number of H-pyrrole nitrogens is 1. The molecule has 14 heavy (non-hydrogen) atoms. The Balaban J connectivity index is 2.96. The number of nitrogens with zero attached hydrogens (tertiary/aromatic N) is 1. The van der Waals surface area contributed by atoms with E-state index in [9.17, 15) is 4.79 Å². The molecule has 78 valence electrons. The summed E-state index contributed by atoms with van der Waals surface area (Å²) in [5.74, 6) is 0.847. The number of rotatable bonds is 3. The minimum absolute atomic E-state index is 0.0141. The smallest absolute Gasteiger partial charge is 0.255 e. The molecule has 0 aliphatic carbocycles. The number of nitrogen functional groups attached to an aromatic ring is 1. The van der Waals surface area contributed by atoms with Gasteiger partial charge in [-0.1, -0.05) is 6.92 Å². The Morgan fingerprint density at radius 3 is 2.71 bits per heavy atom. The first-order chi connectivity index (χ1) is 6.54. The van der Waals surface area contributed by atoms with E-state index in [4.69, 9.17) is 11.5 Å². The molecular weight excluding hydrogens is 180 g/mol. The molecule has 0 saturated heterocycles. The molecule has 1 rings (SSSR count). The van der Waals surface area contributed by atoms with E-state index in [1.165, 1.54) is 0 Å². The maximum absolute atomic E-state index is 11.3. The lowest BCUT2D eigenvalue weighted by molar-refractivity contribution is 0.623. The van der Waals surface area contributed by atoms with Crippen LogP contribution in [0, 0.1) is 6.92 Å². The van der Waals surface area contributed by atoms with E-state index in [1.54, 1.807) is 6.92 Å². The summed E-state index contributed by atoms with van der Waals surface area (Å²) in [6.07, 6.45) is 1.40. The summed E-state index contributed by atoms with van der Waals surface area (Å²) in [6, 6.07) is 0.0141. The second-order valence-corrected chi connectivity index (χ2v) is 3.40. The summed E-state index contributed by atoms with van der Waals surface area (Å²) in [5, 5.41) is 0. The average molecular weight is 196 g/mol. The molecule has 0 aliphatic heterocycles. The van der Waals surface area contributed by atoms with E-state index in [-0.39, 0.29) is 17.4 Å². The van der Waals surface area contributed by atoms with Crippen molar-refractivity contribution < 1.29 is 0 Å². The van der Waals surface area contributed by atoms with E-state index < -0.39 is 0 Å². The Kier molecular flexibility index (Phi) is 3.24. The lowest BCUT2D eigenvalue weighted by atomic mass is 10.1. The Morgan fingerprint density at radius 2 is 2.21 bits per heavy atom. The Hall–Kier alpha value is -1.36. The van der Waals surface area contributed by atoms with Crippen LogP contribution in [-0.4, -0.2) is 16.0 Å². The molecule has 1 atom stereocenters. The standard InChI is InChI=1S/C9H16N4O/c1-3-6(10)4-7-12-8(11)5(2)9(14)13-7/h6H,3-4,10H2,1-2H3,(H3,11,12,13,14). The van der Waals surface area contributed by atoms with E-state index in [1.807, 2.05) is 6.92 Å². The summed E-state index contributed by atoms with van der Waals surface area (Å²) in [6.45, 7) is 3.63. The van der Waals surface area contributed by atoms with Gasteiger partial charge in [0.05, 0.1) is 5.56 Å². The molecular formula is C9H16N4O. The third kappa shape index (κ3) is 2.32. The molecule has 1 unspecified atom stereocenters. The van der Waals surface area contributed by atoms with Crippen molar-refractivity contribution >= 4 is 5.82 Å². The van der Waals surface area contributed by atoms with Gasteiger partial charge in [-0.2, -0.15) is 0 Å². The van der Waals surface area contributed by atoms with Gasteiger partial charge in [-0.05, 0) is 13.3 Å². The number of nitrogens with two attached hydrogens (primary N) is 2. The highest BCUT2D eigenvalue weighted by molar-refractivity contribution is 5.36. The van der Waals surface area contributed by atoms with Crippen molar-refractivity contribution in [3.8, 4) is 0 Å². The second kappa shape index (κ2) is 4.23. The molecule has 0 saturated carbocycles. The maximum Gasteiger partial charge on any atom is 0.255 e. The van der Waals surface area contributed by atoms with Gasteiger partial charge in [0.1, 0.15) is 11.6 Å². The van der Waals surface area contributed by atoms with E-state index in [2.05, 4.69) is 9.97 Å². The van der Waals surface area contributed by atoms with Crippen molar-refractivity contribution in [3.05, 3.63) is 21.7 Å². The first-order valence-electron chi connectivity index (χ1n) is 4.65. The zero-order chi connectivity index (χ0) is 10.7. The van der Waals surface area contributed by atoms with Crippen molar-refractivity contribution in [1.82, 2.24) is 9.97 Å². The number of aromatic nitrogens is 2. The molecule has 1 aromatic rings. The summed E-state index contributed by atoms with van der Waals surface area (Å²) < 4.78 is 0. The number of nitrogens with one attached hydrogen (secondary N) is 1. The molecule has 5 heteroatoms. The van der Waals surface area contributed by atoms with Gasteiger partial charge < -0.3 is 16.5 Å². The fourth-order valence-corrected chi connectivity index (χ4v) is 1.09. The number of hydrogen-bond acceptors (Lipinski definition) is 4. The van der Waals surface area contributed by atoms with Crippen LogP contribution in [0.4, 0.5) is 5.82 Å². The number of hydrogen-bond donors (Lipinski definition) is 3. The molecule has 0 spiro atoms. The van der Waals surface area contributed by atoms with Crippen LogP contribution in [0.2, 0.25) is 0 Å². The van der Waals surface area contributed by atoms with Crippen molar-refractivity contribution in [2.45, 2.75) is 32.7 Å². The predicted octanol–water partition coefficient (Wildman–Crippen LogP) is -0.0597. The monoisotopic (exact) mass is 196 g/mol. The summed E-state index contributed by atoms with van der Waals surface area (Å²) in [4.78, 5) is 18.0. The molecule has 1 aromatic heterocycles. The Morgan fingerprint density at radius 1 is 1.57 bits per heavy atom. The number of aromatic amines is 1. The van der Waals surface area contributed by atoms with Gasteiger partial charge in [-0.15, -0.1) is 0 Å². The van der Waals surface area contributed by atoms with Gasteiger partial charge in [0, 0.05) is 12.5 Å². The highest BCUT2D eigenvalue weighted by Crippen LogP contribution is 2.02. The quantitative estimate of drug-likeness (QED) is 0.630. The van der Waals surface area contributed by atoms with E-state index in [0.29, 0.717) is 17.8 Å². The van der Waals surface area contributed by atoms with Crippen LogP contribution in [0.1, 0.15) is 24.7 Å². The molecule has 0 aliphatic rings. The van der Waals surface area contributed by atoms with Gasteiger partial charge in [-0.3, -0.25) is 4.79 Å². The fraction of sp³-hybridized carbons (Fsp3) is 0.556. The number of anilines is 1. The summed E-state index contributed by atoms with van der Waals surface area (Å²) in [5.41, 5.74) is 11.6. The van der Waals surface area contributed by atoms with Crippen molar-refractivity contribution in [1.29, 1.82) is 0 Å². The fourth-order valence-electron chi connectivity index (χ4n) is 1.09. The minimum Gasteiger partial charge on any atom is -0.383 e. The SMILES string of the molecule is CCC(N)Cc1nc(N)c(C)c(=O)[nH]1. The third-order valence-electron chi connectivity index (χ3n) is 2.22. The van der Waals surface area contributed by atoms with Crippen LogP contribution >= 0.6 is 0 Å². The van der Waals surface area contributed by atoms with Gasteiger partial charge in [0.25, 0.3) is 5.56 Å². The summed E-state index contributed by atoms with van der Waals surface area (Å²) in [7, 11) is 0. The summed E-state index contributed by atoms with van der Waals surface area (Å²) >= 11 is 0. The molecule has 0 bridgehead atoms. The van der Waals surface area contributed by atoms with Crippen molar-refractivity contribution in [2.75, 3.05) is 5.73 Å². The lowest BCUT2D eigenvalue weighted by Gasteiger charge is -2.08.